The quantitative estimate of drug-likeness (QED) is 0.822. The van der Waals surface area contributed by atoms with Crippen molar-refractivity contribution in [2.75, 3.05) is 5.32 Å². The van der Waals surface area contributed by atoms with Crippen LogP contribution in [0.2, 0.25) is 0 Å². The van der Waals surface area contributed by atoms with Gasteiger partial charge >= 0.3 is 7.12 Å². The van der Waals surface area contributed by atoms with Crippen molar-refractivity contribution in [2.24, 2.45) is 0 Å². The topological polar surface area (TPSA) is 93.3 Å². The van der Waals surface area contributed by atoms with E-state index in [9.17, 15) is 9.59 Å². The lowest BCUT2D eigenvalue weighted by Crippen LogP contribution is -2.41. The second-order valence-electron chi connectivity index (χ2n) is 6.93. The van der Waals surface area contributed by atoms with Gasteiger partial charge in [0.05, 0.1) is 17.4 Å². The molecule has 130 valence electrons. The maximum Gasteiger partial charge on any atom is 0.496 e. The summed E-state index contributed by atoms with van der Waals surface area (Å²) in [5.41, 5.74) is 0.0836. The van der Waals surface area contributed by atoms with E-state index in [0.29, 0.717) is 5.69 Å². The van der Waals surface area contributed by atoms with Gasteiger partial charge in [0, 0.05) is 17.3 Å². The third-order valence-corrected chi connectivity index (χ3v) is 4.62. The lowest BCUT2D eigenvalue weighted by atomic mass is 9.78. The number of nitrogens with one attached hydrogen (secondary N) is 2. The number of anilines is 1. The molecule has 1 aliphatic rings. The van der Waals surface area contributed by atoms with E-state index in [-0.39, 0.29) is 11.3 Å². The van der Waals surface area contributed by atoms with Gasteiger partial charge in [0.2, 0.25) is 0 Å². The van der Waals surface area contributed by atoms with Crippen LogP contribution in [0.5, 0.6) is 0 Å². The normalized spacial score (nSPS) is 18.2. The summed E-state index contributed by atoms with van der Waals surface area (Å²) < 4.78 is 12.1. The Kier molecular flexibility index (Phi) is 4.26. The number of hydrogen-bond acceptors (Lipinski definition) is 5. The Balaban J connectivity index is 1.86. The van der Waals surface area contributed by atoms with Crippen molar-refractivity contribution < 1.29 is 14.1 Å². The third kappa shape index (κ3) is 3.36. The fourth-order valence-electron chi connectivity index (χ4n) is 2.44. The zero-order chi connectivity index (χ0) is 18.2. The van der Waals surface area contributed by atoms with Gasteiger partial charge in [0.15, 0.2) is 0 Å². The molecule has 0 aliphatic carbocycles. The molecule has 1 aliphatic heterocycles. The standard InChI is InChI=1S/C17H20BN3O4/c1-16(2)17(3,4)25-18(24-16)11-7-5-6-8-12(11)21-15(23)13-9-20-14(22)10-19-13/h5-10H,1-4H3,(H,20,22)(H,21,23). The molecule has 0 unspecified atom stereocenters. The molecule has 2 aromatic rings. The first-order valence-corrected chi connectivity index (χ1v) is 8.00. The zero-order valence-electron chi connectivity index (χ0n) is 14.6. The van der Waals surface area contributed by atoms with E-state index in [1.165, 1.54) is 6.20 Å². The smallest absolute Gasteiger partial charge is 0.399 e. The molecular formula is C17H20BN3O4. The van der Waals surface area contributed by atoms with Crippen LogP contribution < -0.4 is 16.3 Å². The average Bonchev–Trinajstić information content (AvgIpc) is 2.76. The molecule has 1 fully saturated rings. The molecule has 3 rings (SSSR count). The Morgan fingerprint density at radius 2 is 1.80 bits per heavy atom. The average molecular weight is 341 g/mol. The van der Waals surface area contributed by atoms with Crippen LogP contribution in [0.1, 0.15) is 38.2 Å². The molecule has 2 heterocycles. The number of H-pyrrole nitrogens is 1. The van der Waals surface area contributed by atoms with Crippen LogP contribution >= 0.6 is 0 Å². The fourth-order valence-corrected chi connectivity index (χ4v) is 2.44. The summed E-state index contributed by atoms with van der Waals surface area (Å²) >= 11 is 0. The second kappa shape index (κ2) is 6.13. The Bertz CT molecular complexity index is 826. The molecule has 7 nitrogen and oxygen atoms in total. The van der Waals surface area contributed by atoms with E-state index in [4.69, 9.17) is 9.31 Å². The molecule has 1 aromatic carbocycles. The molecule has 0 bridgehead atoms. The Hall–Kier alpha value is -2.45. The third-order valence-electron chi connectivity index (χ3n) is 4.62. The van der Waals surface area contributed by atoms with Gasteiger partial charge in [-0.15, -0.1) is 0 Å². The highest BCUT2D eigenvalue weighted by Gasteiger charge is 2.52. The fraction of sp³-hybridized carbons (Fsp3) is 0.353. The van der Waals surface area contributed by atoms with Gasteiger partial charge in [0.25, 0.3) is 11.5 Å². The summed E-state index contributed by atoms with van der Waals surface area (Å²) in [4.78, 5) is 29.7. The number of amides is 1. The lowest BCUT2D eigenvalue weighted by molar-refractivity contribution is 0.00578. The Labute approximate surface area is 145 Å². The summed E-state index contributed by atoms with van der Waals surface area (Å²) in [5, 5.41) is 2.79. The molecule has 1 aromatic heterocycles. The van der Waals surface area contributed by atoms with Gasteiger partial charge in [-0.3, -0.25) is 9.59 Å². The van der Waals surface area contributed by atoms with E-state index in [0.717, 1.165) is 11.7 Å². The zero-order valence-corrected chi connectivity index (χ0v) is 14.6. The maximum absolute atomic E-state index is 12.4. The van der Waals surface area contributed by atoms with Gasteiger partial charge in [-0.1, -0.05) is 18.2 Å². The number of aromatic nitrogens is 2. The van der Waals surface area contributed by atoms with Gasteiger partial charge in [0.1, 0.15) is 5.69 Å². The van der Waals surface area contributed by atoms with Gasteiger partial charge in [-0.25, -0.2) is 4.98 Å². The van der Waals surface area contributed by atoms with Gasteiger partial charge in [-0.2, -0.15) is 0 Å². The summed E-state index contributed by atoms with van der Waals surface area (Å²) in [5.74, 6) is -0.430. The van der Waals surface area contributed by atoms with Crippen molar-refractivity contribution in [1.82, 2.24) is 9.97 Å². The molecule has 0 radical (unpaired) electrons. The molecule has 2 N–H and O–H groups in total. The number of rotatable bonds is 3. The predicted molar refractivity (Wildman–Crippen MR) is 95.0 cm³/mol. The number of para-hydroxylation sites is 1. The highest BCUT2D eigenvalue weighted by Crippen LogP contribution is 2.36. The largest absolute Gasteiger partial charge is 0.496 e. The Morgan fingerprint density at radius 1 is 1.16 bits per heavy atom. The van der Waals surface area contributed by atoms with E-state index < -0.39 is 24.2 Å². The highest BCUT2D eigenvalue weighted by atomic mass is 16.7. The lowest BCUT2D eigenvalue weighted by Gasteiger charge is -2.32. The van der Waals surface area contributed by atoms with E-state index in [1.54, 1.807) is 6.07 Å². The number of nitrogens with zero attached hydrogens (tertiary/aromatic N) is 1. The van der Waals surface area contributed by atoms with Crippen molar-refractivity contribution in [3.8, 4) is 0 Å². The van der Waals surface area contributed by atoms with E-state index >= 15 is 0 Å². The highest BCUT2D eigenvalue weighted by molar-refractivity contribution is 6.64. The molecular weight excluding hydrogens is 321 g/mol. The van der Waals surface area contributed by atoms with Crippen LogP contribution in [0.15, 0.2) is 41.5 Å². The summed E-state index contributed by atoms with van der Waals surface area (Å²) in [6.45, 7) is 7.88. The minimum Gasteiger partial charge on any atom is -0.399 e. The summed E-state index contributed by atoms with van der Waals surface area (Å²) in [6.07, 6.45) is 2.34. The summed E-state index contributed by atoms with van der Waals surface area (Å²) in [7, 11) is -0.593. The van der Waals surface area contributed by atoms with Crippen LogP contribution in [0.3, 0.4) is 0 Å². The molecule has 0 atom stereocenters. The van der Waals surface area contributed by atoms with Crippen molar-refractivity contribution in [3.05, 3.63) is 52.7 Å². The number of hydrogen-bond donors (Lipinski definition) is 2. The van der Waals surface area contributed by atoms with Gasteiger partial charge in [-0.05, 0) is 33.8 Å². The molecule has 1 saturated heterocycles. The van der Waals surface area contributed by atoms with Crippen LogP contribution in [-0.4, -0.2) is 34.2 Å². The SMILES string of the molecule is CC1(C)OB(c2ccccc2NC(=O)c2c[nH]c(=O)cn2)OC1(C)C. The number of aromatic amines is 1. The van der Waals surface area contributed by atoms with Crippen molar-refractivity contribution >= 4 is 24.2 Å². The van der Waals surface area contributed by atoms with Crippen LogP contribution in [0, 0.1) is 0 Å². The number of carbonyl (C=O) groups excluding carboxylic acids is 1. The first kappa shape index (κ1) is 17.4. The minimum atomic E-state index is -0.593. The number of carbonyl (C=O) groups is 1. The second-order valence-corrected chi connectivity index (χ2v) is 6.93. The first-order chi connectivity index (χ1) is 11.7. The van der Waals surface area contributed by atoms with E-state index in [2.05, 4.69) is 15.3 Å². The minimum absolute atomic E-state index is 0.114. The maximum atomic E-state index is 12.4. The van der Waals surface area contributed by atoms with Crippen LogP contribution in [-0.2, 0) is 9.31 Å². The summed E-state index contributed by atoms with van der Waals surface area (Å²) in [6, 6.07) is 7.28. The van der Waals surface area contributed by atoms with Crippen LogP contribution in [0.4, 0.5) is 5.69 Å². The monoisotopic (exact) mass is 341 g/mol. The molecule has 8 heteroatoms. The Morgan fingerprint density at radius 3 is 2.40 bits per heavy atom. The van der Waals surface area contributed by atoms with E-state index in [1.807, 2.05) is 45.9 Å². The van der Waals surface area contributed by atoms with Crippen molar-refractivity contribution in [1.29, 1.82) is 0 Å². The van der Waals surface area contributed by atoms with Gasteiger partial charge < -0.3 is 19.6 Å². The molecule has 0 saturated carbocycles. The van der Waals surface area contributed by atoms with Crippen LogP contribution in [0.25, 0.3) is 0 Å². The number of benzene rings is 1. The molecule has 0 spiro atoms. The molecule has 25 heavy (non-hydrogen) atoms. The molecule has 1 amide bonds. The first-order valence-electron chi connectivity index (χ1n) is 8.00. The predicted octanol–water partition coefficient (Wildman–Crippen LogP) is 1.32. The van der Waals surface area contributed by atoms with Crippen molar-refractivity contribution in [3.63, 3.8) is 0 Å². The van der Waals surface area contributed by atoms with Crippen molar-refractivity contribution in [2.45, 2.75) is 38.9 Å².